The Hall–Kier alpha value is -1.69. The second-order valence-electron chi connectivity index (χ2n) is 6.55. The van der Waals surface area contributed by atoms with Crippen molar-refractivity contribution in [3.05, 3.63) is 23.8 Å². The van der Waals surface area contributed by atoms with Crippen LogP contribution < -0.4 is 5.32 Å². The highest BCUT2D eigenvalue weighted by Gasteiger charge is 2.23. The summed E-state index contributed by atoms with van der Waals surface area (Å²) in [6.45, 7) is 6.66. The molecule has 0 aliphatic carbocycles. The number of amides is 1. The fraction of sp³-hybridized carbons (Fsp3) is 0.688. The smallest absolute Gasteiger partial charge is 0.243 e. The summed E-state index contributed by atoms with van der Waals surface area (Å²) in [4.78, 5) is 13.8. The van der Waals surface area contributed by atoms with Gasteiger partial charge in [0.2, 0.25) is 5.91 Å². The number of aryl methyl sites for hydroxylation is 1. The molecule has 2 rings (SSSR count). The van der Waals surface area contributed by atoms with Gasteiger partial charge in [-0.1, -0.05) is 19.9 Å². The first-order valence-electron chi connectivity index (χ1n) is 7.98. The van der Waals surface area contributed by atoms with Gasteiger partial charge in [-0.15, -0.1) is 10.2 Å². The molecule has 1 unspecified atom stereocenters. The van der Waals surface area contributed by atoms with Crippen LogP contribution >= 0.6 is 0 Å². The first kappa shape index (κ1) is 16.7. The Labute approximate surface area is 132 Å². The summed E-state index contributed by atoms with van der Waals surface area (Å²) in [6.07, 6.45) is 5.49. The number of likely N-dealkylation sites (N-methyl/N-ethyl adjacent to an activating group) is 1. The summed E-state index contributed by atoms with van der Waals surface area (Å²) in [5, 5.41) is 11.6. The van der Waals surface area contributed by atoms with Gasteiger partial charge in [0.05, 0.1) is 0 Å². The van der Waals surface area contributed by atoms with E-state index in [0.29, 0.717) is 18.4 Å². The number of hydrogen-bond acceptors (Lipinski definition) is 4. The predicted octanol–water partition coefficient (Wildman–Crippen LogP) is 1.20. The van der Waals surface area contributed by atoms with Gasteiger partial charge in [-0.25, -0.2) is 0 Å². The minimum atomic E-state index is -0.0134. The van der Waals surface area contributed by atoms with Crippen LogP contribution in [0.2, 0.25) is 0 Å². The van der Waals surface area contributed by atoms with Crippen LogP contribution in [0.5, 0.6) is 0 Å². The third-order valence-electron chi connectivity index (χ3n) is 3.89. The quantitative estimate of drug-likeness (QED) is 0.802. The Balaban J connectivity index is 1.84. The number of nitrogens with one attached hydrogen (secondary N) is 1. The van der Waals surface area contributed by atoms with Crippen molar-refractivity contribution in [3.8, 4) is 0 Å². The molecule has 0 saturated carbocycles. The topological polar surface area (TPSA) is 63.1 Å². The summed E-state index contributed by atoms with van der Waals surface area (Å²) in [6, 6.07) is 0. The van der Waals surface area contributed by atoms with Crippen LogP contribution in [0.1, 0.15) is 37.8 Å². The van der Waals surface area contributed by atoms with E-state index in [2.05, 4.69) is 33.9 Å². The van der Waals surface area contributed by atoms with E-state index < -0.39 is 0 Å². The second-order valence-corrected chi connectivity index (χ2v) is 6.55. The lowest BCUT2D eigenvalue weighted by Crippen LogP contribution is -2.33. The zero-order valence-corrected chi connectivity index (χ0v) is 14.0. The first-order valence-corrected chi connectivity index (χ1v) is 7.98. The van der Waals surface area contributed by atoms with E-state index in [-0.39, 0.29) is 5.91 Å². The van der Waals surface area contributed by atoms with E-state index in [1.807, 2.05) is 25.1 Å². The summed E-state index contributed by atoms with van der Waals surface area (Å²) in [5.74, 6) is 2.95. The Bertz CT molecular complexity index is 533. The molecule has 1 aliphatic heterocycles. The molecule has 1 atom stereocenters. The normalized spacial score (nSPS) is 18.2. The highest BCUT2D eigenvalue weighted by atomic mass is 16.1. The van der Waals surface area contributed by atoms with Gasteiger partial charge in [0, 0.05) is 38.0 Å². The molecule has 1 aromatic rings. The van der Waals surface area contributed by atoms with E-state index in [1.165, 1.54) is 0 Å². The van der Waals surface area contributed by atoms with Gasteiger partial charge in [0.25, 0.3) is 0 Å². The van der Waals surface area contributed by atoms with Crippen molar-refractivity contribution in [3.63, 3.8) is 0 Å². The molecule has 1 amide bonds. The number of carbonyl (C=O) groups excluding carboxylic acids is 1. The molecular formula is C16H27N5O. The molecule has 1 aliphatic rings. The fourth-order valence-corrected chi connectivity index (χ4v) is 2.68. The van der Waals surface area contributed by atoms with Crippen molar-refractivity contribution in [1.82, 2.24) is 25.0 Å². The molecule has 122 valence electrons. The van der Waals surface area contributed by atoms with Crippen molar-refractivity contribution in [2.24, 2.45) is 5.92 Å². The molecule has 0 radical (unpaired) electrons. The zero-order chi connectivity index (χ0) is 16.1. The van der Waals surface area contributed by atoms with E-state index in [1.54, 1.807) is 6.08 Å². The summed E-state index contributed by atoms with van der Waals surface area (Å²) in [7, 11) is 3.96. The van der Waals surface area contributed by atoms with Crippen molar-refractivity contribution < 1.29 is 4.79 Å². The average Bonchev–Trinajstić information content (AvgIpc) is 2.88. The molecule has 0 fully saturated rings. The number of fused-ring (bicyclic) bond motifs is 1. The molecule has 0 aromatic carbocycles. The van der Waals surface area contributed by atoms with Crippen molar-refractivity contribution >= 4 is 5.91 Å². The summed E-state index contributed by atoms with van der Waals surface area (Å²) in [5.41, 5.74) is 0. The largest absolute Gasteiger partial charge is 0.352 e. The highest BCUT2D eigenvalue weighted by molar-refractivity contribution is 5.87. The summed E-state index contributed by atoms with van der Waals surface area (Å²) >= 11 is 0. The first-order chi connectivity index (χ1) is 10.5. The molecule has 22 heavy (non-hydrogen) atoms. The van der Waals surface area contributed by atoms with Crippen LogP contribution in [0.25, 0.3) is 0 Å². The SMILES string of the molecule is CC(C)c1nnc2n1CC(CNC(=O)/C=C/CN(C)C)CC2. The molecule has 0 bridgehead atoms. The van der Waals surface area contributed by atoms with Gasteiger partial charge in [-0.05, 0) is 26.4 Å². The van der Waals surface area contributed by atoms with Gasteiger partial charge >= 0.3 is 0 Å². The lowest BCUT2D eigenvalue weighted by atomic mass is 9.98. The van der Waals surface area contributed by atoms with Crippen molar-refractivity contribution in [2.75, 3.05) is 27.2 Å². The molecule has 6 heteroatoms. The Morgan fingerprint density at radius 3 is 2.91 bits per heavy atom. The van der Waals surface area contributed by atoms with E-state index in [9.17, 15) is 4.79 Å². The third kappa shape index (κ3) is 4.40. The standard InChI is InChI=1S/C16H27N5O/c1-12(2)16-19-18-14-8-7-13(11-21(14)16)10-17-15(22)6-5-9-20(3)4/h5-6,12-13H,7-11H2,1-4H3,(H,17,22)/b6-5+. The van der Waals surface area contributed by atoms with Gasteiger partial charge < -0.3 is 14.8 Å². The van der Waals surface area contributed by atoms with Gasteiger partial charge in [0.15, 0.2) is 0 Å². The molecule has 2 heterocycles. The second kappa shape index (κ2) is 7.54. The molecule has 0 spiro atoms. The maximum Gasteiger partial charge on any atom is 0.243 e. The van der Waals surface area contributed by atoms with Crippen LogP contribution in [-0.4, -0.2) is 52.8 Å². The monoisotopic (exact) mass is 305 g/mol. The third-order valence-corrected chi connectivity index (χ3v) is 3.89. The van der Waals surface area contributed by atoms with Crippen LogP contribution in [0.4, 0.5) is 0 Å². The minimum absolute atomic E-state index is 0.0134. The number of hydrogen-bond donors (Lipinski definition) is 1. The maximum atomic E-state index is 11.8. The summed E-state index contributed by atoms with van der Waals surface area (Å²) < 4.78 is 2.23. The molecule has 0 saturated heterocycles. The van der Waals surface area contributed by atoms with Gasteiger partial charge in [-0.3, -0.25) is 4.79 Å². The molecular weight excluding hydrogens is 278 g/mol. The van der Waals surface area contributed by atoms with E-state index >= 15 is 0 Å². The Morgan fingerprint density at radius 1 is 1.45 bits per heavy atom. The number of carbonyl (C=O) groups is 1. The van der Waals surface area contributed by atoms with Crippen LogP contribution in [0.15, 0.2) is 12.2 Å². The lowest BCUT2D eigenvalue weighted by molar-refractivity contribution is -0.116. The molecule has 1 N–H and O–H groups in total. The highest BCUT2D eigenvalue weighted by Crippen LogP contribution is 2.22. The molecule has 1 aromatic heterocycles. The zero-order valence-electron chi connectivity index (χ0n) is 14.0. The minimum Gasteiger partial charge on any atom is -0.352 e. The van der Waals surface area contributed by atoms with Crippen molar-refractivity contribution in [2.45, 2.75) is 39.2 Å². The molecule has 6 nitrogen and oxygen atoms in total. The van der Waals surface area contributed by atoms with Crippen LogP contribution in [-0.2, 0) is 17.8 Å². The Kier molecular flexibility index (Phi) is 5.71. The predicted molar refractivity (Wildman–Crippen MR) is 86.6 cm³/mol. The fourth-order valence-electron chi connectivity index (χ4n) is 2.68. The van der Waals surface area contributed by atoms with E-state index in [4.69, 9.17) is 0 Å². The van der Waals surface area contributed by atoms with Crippen LogP contribution in [0.3, 0.4) is 0 Å². The number of aromatic nitrogens is 3. The average molecular weight is 305 g/mol. The number of rotatable bonds is 6. The number of nitrogens with zero attached hydrogens (tertiary/aromatic N) is 4. The maximum absolute atomic E-state index is 11.8. The van der Waals surface area contributed by atoms with E-state index in [0.717, 1.165) is 37.6 Å². The van der Waals surface area contributed by atoms with Crippen molar-refractivity contribution in [1.29, 1.82) is 0 Å². The van der Waals surface area contributed by atoms with Gasteiger partial charge in [-0.2, -0.15) is 0 Å². The van der Waals surface area contributed by atoms with Gasteiger partial charge in [0.1, 0.15) is 11.6 Å². The van der Waals surface area contributed by atoms with Crippen LogP contribution in [0, 0.1) is 5.92 Å². The lowest BCUT2D eigenvalue weighted by Gasteiger charge is -2.25. The Morgan fingerprint density at radius 2 is 2.23 bits per heavy atom.